The monoisotopic (exact) mass is 360 g/mol. The summed E-state index contributed by atoms with van der Waals surface area (Å²) in [5.74, 6) is 1.26. The molecule has 1 aromatic heterocycles. The van der Waals surface area contributed by atoms with E-state index >= 15 is 0 Å². The topological polar surface area (TPSA) is 51.7 Å². The molecule has 0 aliphatic carbocycles. The molecule has 0 bridgehead atoms. The fourth-order valence-corrected chi connectivity index (χ4v) is 3.01. The summed E-state index contributed by atoms with van der Waals surface area (Å²) in [7, 11) is 0. The van der Waals surface area contributed by atoms with Gasteiger partial charge in [0.2, 0.25) is 0 Å². The molecule has 1 aliphatic heterocycles. The average Bonchev–Trinajstić information content (AvgIpc) is 2.65. The number of nitrogens with zero attached hydrogens (tertiary/aromatic N) is 2. The third kappa shape index (κ3) is 4.42. The van der Waals surface area contributed by atoms with Crippen LogP contribution in [0.1, 0.15) is 30.1 Å². The first-order valence-corrected chi connectivity index (χ1v) is 8.84. The van der Waals surface area contributed by atoms with Gasteiger partial charge in [-0.3, -0.25) is 0 Å². The van der Waals surface area contributed by atoms with Crippen LogP contribution in [0.4, 0.5) is 5.82 Å². The highest BCUT2D eigenvalue weighted by molar-refractivity contribution is 6.32. The predicted octanol–water partition coefficient (Wildman–Crippen LogP) is 3.96. The Balaban J connectivity index is 1.55. The first kappa shape index (κ1) is 17.5. The van der Waals surface area contributed by atoms with Gasteiger partial charge in [-0.2, -0.15) is 0 Å². The Labute approximate surface area is 152 Å². The summed E-state index contributed by atoms with van der Waals surface area (Å²) in [4.78, 5) is 18.3. The standard InChI is InChI=1S/C19H21ClN2O3/c1-2-24-19(23)14-7-8-18(21-13-14)22-11-9-15(10-12-22)25-17-6-4-3-5-16(17)20/h3-8,13,15H,2,9-12H2,1H3. The molecule has 0 unspecified atom stereocenters. The molecule has 0 atom stereocenters. The van der Waals surface area contributed by atoms with E-state index in [1.54, 1.807) is 19.2 Å². The number of ether oxygens (including phenoxy) is 2. The molecule has 6 heteroatoms. The van der Waals surface area contributed by atoms with Gasteiger partial charge in [0.25, 0.3) is 0 Å². The van der Waals surface area contributed by atoms with Gasteiger partial charge in [0.15, 0.2) is 0 Å². The van der Waals surface area contributed by atoms with Crippen LogP contribution in [0.5, 0.6) is 5.75 Å². The van der Waals surface area contributed by atoms with Crippen LogP contribution in [0.15, 0.2) is 42.6 Å². The van der Waals surface area contributed by atoms with Gasteiger partial charge in [-0.05, 0) is 31.2 Å². The van der Waals surface area contributed by atoms with Crippen molar-refractivity contribution in [1.82, 2.24) is 4.98 Å². The molecule has 1 aliphatic rings. The van der Waals surface area contributed by atoms with E-state index in [0.29, 0.717) is 17.2 Å². The van der Waals surface area contributed by atoms with E-state index in [9.17, 15) is 4.79 Å². The van der Waals surface area contributed by atoms with E-state index in [1.165, 1.54) is 0 Å². The second kappa shape index (κ2) is 8.21. The quantitative estimate of drug-likeness (QED) is 0.755. The van der Waals surface area contributed by atoms with E-state index in [2.05, 4.69) is 9.88 Å². The summed E-state index contributed by atoms with van der Waals surface area (Å²) in [5.41, 5.74) is 0.475. The molecule has 3 rings (SSSR count). The summed E-state index contributed by atoms with van der Waals surface area (Å²) < 4.78 is 11.0. The SMILES string of the molecule is CCOC(=O)c1ccc(N2CCC(Oc3ccccc3Cl)CC2)nc1. The summed E-state index contributed by atoms with van der Waals surface area (Å²) in [6, 6.07) is 11.2. The van der Waals surface area contributed by atoms with E-state index in [-0.39, 0.29) is 12.1 Å². The Kier molecular flexibility index (Phi) is 5.76. The van der Waals surface area contributed by atoms with Gasteiger partial charge in [0, 0.05) is 32.1 Å². The Morgan fingerprint density at radius 1 is 1.24 bits per heavy atom. The van der Waals surface area contributed by atoms with Gasteiger partial charge in [0.05, 0.1) is 17.2 Å². The lowest BCUT2D eigenvalue weighted by Crippen LogP contribution is -2.38. The first-order chi connectivity index (χ1) is 12.2. The van der Waals surface area contributed by atoms with Crippen molar-refractivity contribution in [3.63, 3.8) is 0 Å². The minimum absolute atomic E-state index is 0.148. The Morgan fingerprint density at radius 2 is 2.00 bits per heavy atom. The minimum Gasteiger partial charge on any atom is -0.489 e. The number of piperidine rings is 1. The molecule has 25 heavy (non-hydrogen) atoms. The predicted molar refractivity (Wildman–Crippen MR) is 97.5 cm³/mol. The number of pyridine rings is 1. The van der Waals surface area contributed by atoms with E-state index in [1.807, 2.05) is 30.3 Å². The summed E-state index contributed by atoms with van der Waals surface area (Å²) in [6.07, 6.45) is 3.51. The van der Waals surface area contributed by atoms with Crippen LogP contribution in [0, 0.1) is 0 Å². The van der Waals surface area contributed by atoms with Crippen molar-refractivity contribution in [2.24, 2.45) is 0 Å². The average molecular weight is 361 g/mol. The normalized spacial score (nSPS) is 15.0. The second-order valence-electron chi connectivity index (χ2n) is 5.86. The van der Waals surface area contributed by atoms with Gasteiger partial charge >= 0.3 is 5.97 Å². The third-order valence-electron chi connectivity index (χ3n) is 4.16. The highest BCUT2D eigenvalue weighted by atomic mass is 35.5. The first-order valence-electron chi connectivity index (χ1n) is 8.46. The number of hydrogen-bond acceptors (Lipinski definition) is 5. The van der Waals surface area contributed by atoms with Gasteiger partial charge < -0.3 is 14.4 Å². The highest BCUT2D eigenvalue weighted by Crippen LogP contribution is 2.27. The number of para-hydroxylation sites is 1. The van der Waals surface area contributed by atoms with Crippen LogP contribution < -0.4 is 9.64 Å². The second-order valence-corrected chi connectivity index (χ2v) is 6.27. The molecule has 0 saturated carbocycles. The molecule has 132 valence electrons. The van der Waals surface area contributed by atoms with Crippen LogP contribution in [0.25, 0.3) is 0 Å². The maximum atomic E-state index is 11.7. The summed E-state index contributed by atoms with van der Waals surface area (Å²) in [5, 5.41) is 0.640. The van der Waals surface area contributed by atoms with E-state index in [0.717, 1.165) is 37.5 Å². The molecule has 2 heterocycles. The number of carbonyl (C=O) groups excluding carboxylic acids is 1. The van der Waals surface area contributed by atoms with Crippen molar-refractivity contribution in [3.05, 3.63) is 53.2 Å². The zero-order valence-corrected chi connectivity index (χ0v) is 14.9. The molecule has 1 fully saturated rings. The van der Waals surface area contributed by atoms with Crippen LogP contribution >= 0.6 is 11.6 Å². The van der Waals surface area contributed by atoms with Gasteiger partial charge in [-0.15, -0.1) is 0 Å². The maximum absolute atomic E-state index is 11.7. The Hall–Kier alpha value is -2.27. The van der Waals surface area contributed by atoms with Gasteiger partial charge in [-0.1, -0.05) is 23.7 Å². The molecule has 5 nitrogen and oxygen atoms in total. The molecule has 0 N–H and O–H groups in total. The molecule has 0 amide bonds. The molecule has 1 saturated heterocycles. The van der Waals surface area contributed by atoms with Crippen molar-refractivity contribution in [3.8, 4) is 5.75 Å². The van der Waals surface area contributed by atoms with Crippen molar-refractivity contribution in [2.45, 2.75) is 25.9 Å². The smallest absolute Gasteiger partial charge is 0.339 e. The molecule has 0 radical (unpaired) electrons. The van der Waals surface area contributed by atoms with Crippen LogP contribution in [0.2, 0.25) is 5.02 Å². The summed E-state index contributed by atoms with van der Waals surface area (Å²) in [6.45, 7) is 3.84. The molecule has 1 aromatic carbocycles. The lowest BCUT2D eigenvalue weighted by atomic mass is 10.1. The van der Waals surface area contributed by atoms with Crippen LogP contribution in [-0.4, -0.2) is 36.8 Å². The van der Waals surface area contributed by atoms with Crippen molar-refractivity contribution in [1.29, 1.82) is 0 Å². The molecular weight excluding hydrogens is 340 g/mol. The van der Waals surface area contributed by atoms with Crippen molar-refractivity contribution in [2.75, 3.05) is 24.6 Å². The largest absolute Gasteiger partial charge is 0.489 e. The van der Waals surface area contributed by atoms with Gasteiger partial charge in [-0.25, -0.2) is 9.78 Å². The zero-order valence-electron chi connectivity index (χ0n) is 14.2. The van der Waals surface area contributed by atoms with Crippen LogP contribution in [0.3, 0.4) is 0 Å². The zero-order chi connectivity index (χ0) is 17.6. The Morgan fingerprint density at radius 3 is 2.64 bits per heavy atom. The highest BCUT2D eigenvalue weighted by Gasteiger charge is 2.22. The lowest BCUT2D eigenvalue weighted by Gasteiger charge is -2.33. The number of esters is 1. The number of aromatic nitrogens is 1. The van der Waals surface area contributed by atoms with Crippen molar-refractivity contribution < 1.29 is 14.3 Å². The molecular formula is C19H21ClN2O3. The van der Waals surface area contributed by atoms with E-state index in [4.69, 9.17) is 21.1 Å². The molecule has 0 spiro atoms. The summed E-state index contributed by atoms with van der Waals surface area (Å²) >= 11 is 6.15. The number of carbonyl (C=O) groups is 1. The lowest BCUT2D eigenvalue weighted by molar-refractivity contribution is 0.0526. The molecule has 2 aromatic rings. The maximum Gasteiger partial charge on any atom is 0.339 e. The van der Waals surface area contributed by atoms with Gasteiger partial charge in [0.1, 0.15) is 17.7 Å². The fourth-order valence-electron chi connectivity index (χ4n) is 2.83. The third-order valence-corrected chi connectivity index (χ3v) is 4.47. The number of hydrogen-bond donors (Lipinski definition) is 0. The number of rotatable bonds is 5. The fraction of sp³-hybridized carbons (Fsp3) is 0.368. The number of halogens is 1. The van der Waals surface area contributed by atoms with Crippen LogP contribution in [-0.2, 0) is 4.74 Å². The minimum atomic E-state index is -0.339. The van der Waals surface area contributed by atoms with E-state index < -0.39 is 0 Å². The Bertz CT molecular complexity index is 713. The van der Waals surface area contributed by atoms with Crippen molar-refractivity contribution >= 4 is 23.4 Å². The number of benzene rings is 1. The number of anilines is 1.